The van der Waals surface area contributed by atoms with Gasteiger partial charge in [-0.2, -0.15) is 19.9 Å². The topological polar surface area (TPSA) is 114 Å². The van der Waals surface area contributed by atoms with Gasteiger partial charge in [0.25, 0.3) is 0 Å². The van der Waals surface area contributed by atoms with Crippen LogP contribution in [-0.2, 0) is 25.7 Å². The SMILES string of the molecule is Clc1nc2nc(n1)Oc1cccc3c1Cc1c(cccc1Oc1nc(Cl)nc(n1)Oc1cccc4c1Cc1c(cccc1O2)C4)C3. The zero-order chi connectivity index (χ0) is 30.8. The number of aromatic nitrogens is 6. The zero-order valence-electron chi connectivity index (χ0n) is 23.8. The van der Waals surface area contributed by atoms with Gasteiger partial charge in [-0.25, -0.2) is 0 Å². The molecule has 4 aromatic carbocycles. The molecule has 12 heteroatoms. The quantitative estimate of drug-likeness (QED) is 0.161. The molecule has 0 saturated carbocycles. The van der Waals surface area contributed by atoms with Crippen LogP contribution >= 0.6 is 23.2 Å². The molecular weight excluding hydrogens is 627 g/mol. The van der Waals surface area contributed by atoms with E-state index < -0.39 is 0 Å². The first-order valence-electron chi connectivity index (χ1n) is 14.5. The normalized spacial score (nSPS) is 13.8. The summed E-state index contributed by atoms with van der Waals surface area (Å²) >= 11 is 12.7. The predicted octanol–water partition coefficient (Wildman–Crippen LogP) is 7.84. The molecule has 0 N–H and O–H groups in total. The van der Waals surface area contributed by atoms with E-state index in [0.717, 1.165) is 44.5 Å². The van der Waals surface area contributed by atoms with Crippen LogP contribution in [0.5, 0.6) is 47.0 Å². The van der Waals surface area contributed by atoms with Crippen molar-refractivity contribution in [1.29, 1.82) is 0 Å². The van der Waals surface area contributed by atoms with Crippen LogP contribution in [-0.4, -0.2) is 29.9 Å². The van der Waals surface area contributed by atoms with E-state index in [4.69, 9.17) is 42.1 Å². The molecule has 10 nitrogen and oxygen atoms in total. The molecule has 0 unspecified atom stereocenters. The Kier molecular flexibility index (Phi) is 6.25. The van der Waals surface area contributed by atoms with Gasteiger partial charge in [0, 0.05) is 35.1 Å². The fourth-order valence-electron chi connectivity index (χ4n) is 6.26. The van der Waals surface area contributed by atoms with Crippen LogP contribution in [0, 0.1) is 0 Å². The number of halogens is 2. The summed E-state index contributed by atoms with van der Waals surface area (Å²) in [4.78, 5) is 26.0. The van der Waals surface area contributed by atoms with Gasteiger partial charge < -0.3 is 18.9 Å². The van der Waals surface area contributed by atoms with Gasteiger partial charge >= 0.3 is 24.0 Å². The predicted molar refractivity (Wildman–Crippen MR) is 167 cm³/mol. The van der Waals surface area contributed by atoms with Crippen LogP contribution in [0.1, 0.15) is 44.5 Å². The summed E-state index contributed by atoms with van der Waals surface area (Å²) in [5.41, 5.74) is 8.26. The Labute approximate surface area is 272 Å². The minimum Gasteiger partial charge on any atom is -0.424 e. The number of hydrogen-bond donors (Lipinski definition) is 0. The van der Waals surface area contributed by atoms with E-state index in [2.05, 4.69) is 54.2 Å². The van der Waals surface area contributed by atoms with Crippen LogP contribution < -0.4 is 18.9 Å². The van der Waals surface area contributed by atoms with Crippen LogP contribution in [0.4, 0.5) is 0 Å². The zero-order valence-corrected chi connectivity index (χ0v) is 25.3. The van der Waals surface area contributed by atoms with E-state index in [1.807, 2.05) is 48.5 Å². The first-order chi connectivity index (χ1) is 22.5. The van der Waals surface area contributed by atoms with Gasteiger partial charge in [0.15, 0.2) is 0 Å². The Bertz CT molecular complexity index is 1930. The van der Waals surface area contributed by atoms with Crippen molar-refractivity contribution in [3.63, 3.8) is 0 Å². The molecule has 2 aliphatic carbocycles. The maximum Gasteiger partial charge on any atom is 0.329 e. The molecule has 8 bridgehead atoms. The number of fused-ring (bicyclic) bond motifs is 4. The van der Waals surface area contributed by atoms with Crippen molar-refractivity contribution in [3.8, 4) is 47.0 Å². The largest absolute Gasteiger partial charge is 0.424 e. The second-order valence-electron chi connectivity index (χ2n) is 11.0. The Morgan fingerprint density at radius 2 is 0.652 bits per heavy atom. The fourth-order valence-corrected chi connectivity index (χ4v) is 6.55. The van der Waals surface area contributed by atoms with E-state index >= 15 is 0 Å². The molecule has 2 aromatic heterocycles. The lowest BCUT2D eigenvalue weighted by atomic mass is 9.85. The van der Waals surface area contributed by atoms with E-state index in [0.29, 0.717) is 48.7 Å². The van der Waals surface area contributed by atoms with Crippen LogP contribution in [0.15, 0.2) is 72.8 Å². The Hall–Kier alpha value is -5.32. The van der Waals surface area contributed by atoms with Crippen molar-refractivity contribution in [2.75, 3.05) is 0 Å². The molecule has 46 heavy (non-hydrogen) atoms. The Balaban J connectivity index is 1.22. The van der Waals surface area contributed by atoms with E-state index in [1.54, 1.807) is 0 Å². The third-order valence-electron chi connectivity index (χ3n) is 8.33. The number of hydrogen-bond acceptors (Lipinski definition) is 10. The Morgan fingerprint density at radius 3 is 0.935 bits per heavy atom. The van der Waals surface area contributed by atoms with Crippen molar-refractivity contribution >= 4 is 23.2 Å². The molecular formula is C34H20Cl2N6O4. The van der Waals surface area contributed by atoms with E-state index in [1.165, 1.54) is 0 Å². The lowest BCUT2D eigenvalue weighted by Gasteiger charge is -2.24. The van der Waals surface area contributed by atoms with Crippen molar-refractivity contribution in [2.24, 2.45) is 0 Å². The molecule has 9 rings (SSSR count). The Morgan fingerprint density at radius 1 is 0.370 bits per heavy atom. The van der Waals surface area contributed by atoms with E-state index in [9.17, 15) is 0 Å². The molecule has 3 aliphatic rings. The summed E-state index contributed by atoms with van der Waals surface area (Å²) < 4.78 is 25.1. The molecule has 1 aliphatic heterocycles. The summed E-state index contributed by atoms with van der Waals surface area (Å²) in [6.45, 7) is 0. The maximum absolute atomic E-state index is 6.36. The highest BCUT2D eigenvalue weighted by Crippen LogP contribution is 2.42. The average Bonchev–Trinajstić information content (AvgIpc) is 3.03. The van der Waals surface area contributed by atoms with Crippen molar-refractivity contribution < 1.29 is 18.9 Å². The second-order valence-corrected chi connectivity index (χ2v) is 11.7. The lowest BCUT2D eigenvalue weighted by molar-refractivity contribution is 0.388. The standard InChI is InChI=1S/C34H20Cl2N6O4/c35-29-37-31-41-32(38-29)45-27-11-3-7-19-14-20-8-4-12-28(24(20)16-23(19)27)46-34-40-30(36)39-33(42-34)44-26-10-2-6-18-13-17-5-1-9-25(43-31)21(17)15-22(18)26/h1-12H,13-16H2. The fraction of sp³-hybridized carbons (Fsp3) is 0.118. The van der Waals surface area contributed by atoms with Crippen molar-refractivity contribution in [1.82, 2.24) is 29.9 Å². The highest BCUT2D eigenvalue weighted by molar-refractivity contribution is 6.28. The summed E-state index contributed by atoms with van der Waals surface area (Å²) in [6.07, 6.45) is 2.34. The number of ether oxygens (including phenoxy) is 4. The van der Waals surface area contributed by atoms with Gasteiger partial charge in [-0.05, 0) is 82.6 Å². The number of nitrogens with zero attached hydrogens (tertiary/aromatic N) is 6. The molecule has 0 amide bonds. The maximum atomic E-state index is 6.36. The van der Waals surface area contributed by atoms with Gasteiger partial charge in [0.2, 0.25) is 10.6 Å². The third kappa shape index (κ3) is 4.83. The molecule has 0 atom stereocenters. The first kappa shape index (κ1) is 27.0. The average molecular weight is 647 g/mol. The molecule has 0 saturated heterocycles. The van der Waals surface area contributed by atoms with Crippen LogP contribution in [0.25, 0.3) is 0 Å². The first-order valence-corrected chi connectivity index (χ1v) is 15.3. The highest BCUT2D eigenvalue weighted by atomic mass is 35.5. The molecule has 224 valence electrons. The van der Waals surface area contributed by atoms with Gasteiger partial charge in [-0.3, -0.25) is 0 Å². The highest BCUT2D eigenvalue weighted by Gasteiger charge is 2.26. The van der Waals surface area contributed by atoms with Crippen molar-refractivity contribution in [3.05, 3.63) is 128 Å². The van der Waals surface area contributed by atoms with Gasteiger partial charge in [-0.1, -0.05) is 48.5 Å². The monoisotopic (exact) mass is 646 g/mol. The van der Waals surface area contributed by atoms with Crippen LogP contribution in [0.2, 0.25) is 10.6 Å². The smallest absolute Gasteiger partial charge is 0.329 e. The number of rotatable bonds is 0. The van der Waals surface area contributed by atoms with Gasteiger partial charge in [0.05, 0.1) is 0 Å². The molecule has 6 aromatic rings. The van der Waals surface area contributed by atoms with E-state index in [-0.39, 0.29) is 34.6 Å². The summed E-state index contributed by atoms with van der Waals surface area (Å²) in [6, 6.07) is 23.6. The number of benzene rings is 4. The van der Waals surface area contributed by atoms with Crippen LogP contribution in [0.3, 0.4) is 0 Å². The second kappa shape index (κ2) is 10.6. The molecule has 0 fully saturated rings. The summed E-state index contributed by atoms with van der Waals surface area (Å²) in [5.74, 6) is 2.34. The summed E-state index contributed by atoms with van der Waals surface area (Å²) in [7, 11) is 0. The summed E-state index contributed by atoms with van der Waals surface area (Å²) in [5, 5.41) is -0.0998. The minimum absolute atomic E-state index is 0.0197. The van der Waals surface area contributed by atoms with Crippen molar-refractivity contribution in [2.45, 2.75) is 25.7 Å². The van der Waals surface area contributed by atoms with Gasteiger partial charge in [0.1, 0.15) is 23.0 Å². The third-order valence-corrected chi connectivity index (χ3v) is 8.67. The minimum atomic E-state index is -0.0499. The molecule has 0 radical (unpaired) electrons. The van der Waals surface area contributed by atoms with Gasteiger partial charge in [-0.15, -0.1) is 9.97 Å². The molecule has 0 spiro atoms. The molecule has 3 heterocycles. The lowest BCUT2D eigenvalue weighted by Crippen LogP contribution is -2.12.